The van der Waals surface area contributed by atoms with Crippen LogP contribution in [-0.2, 0) is 0 Å². The number of carboxylic acid groups (broad SMARTS) is 1. The highest BCUT2D eigenvalue weighted by molar-refractivity contribution is 5.95. The molecular formula is C17H19NO5. The molecular weight excluding hydrogens is 298 g/mol. The van der Waals surface area contributed by atoms with E-state index in [1.807, 2.05) is 38.1 Å². The third kappa shape index (κ3) is 3.53. The van der Waals surface area contributed by atoms with Crippen LogP contribution in [0.3, 0.4) is 0 Å². The van der Waals surface area contributed by atoms with Crippen LogP contribution >= 0.6 is 0 Å². The Bertz CT molecular complexity index is 707. The number of benzene rings is 1. The van der Waals surface area contributed by atoms with Crippen LogP contribution in [0.15, 0.2) is 41.0 Å². The van der Waals surface area contributed by atoms with E-state index in [2.05, 4.69) is 0 Å². The number of rotatable bonds is 6. The van der Waals surface area contributed by atoms with Crippen LogP contribution < -0.4 is 4.74 Å². The predicted octanol–water partition coefficient (Wildman–Crippen LogP) is 3.21. The number of carbonyl (C=O) groups excluding carboxylic acids is 1. The highest BCUT2D eigenvalue weighted by Crippen LogP contribution is 2.25. The molecule has 1 aromatic carbocycles. The second-order valence-electron chi connectivity index (χ2n) is 5.05. The topological polar surface area (TPSA) is 80.0 Å². The molecule has 0 saturated heterocycles. The van der Waals surface area contributed by atoms with Crippen molar-refractivity contribution in [2.75, 3.05) is 13.7 Å². The molecule has 0 aliphatic heterocycles. The van der Waals surface area contributed by atoms with Gasteiger partial charge in [-0.05, 0) is 31.5 Å². The number of carbonyl (C=O) groups is 2. The van der Waals surface area contributed by atoms with Gasteiger partial charge in [-0.3, -0.25) is 4.79 Å². The molecule has 23 heavy (non-hydrogen) atoms. The largest absolute Gasteiger partial charge is 0.497 e. The first-order chi connectivity index (χ1) is 11.0. The maximum Gasteiger partial charge on any atom is 0.338 e. The summed E-state index contributed by atoms with van der Waals surface area (Å²) in [5.41, 5.74) is 0.878. The number of hydrogen-bond donors (Lipinski definition) is 1. The van der Waals surface area contributed by atoms with E-state index in [-0.39, 0.29) is 23.3 Å². The van der Waals surface area contributed by atoms with Crippen molar-refractivity contribution in [3.63, 3.8) is 0 Å². The second kappa shape index (κ2) is 7.00. The molecule has 0 fully saturated rings. The number of hydrogen-bond acceptors (Lipinski definition) is 4. The van der Waals surface area contributed by atoms with Crippen molar-refractivity contribution >= 4 is 11.9 Å². The zero-order valence-electron chi connectivity index (χ0n) is 13.3. The number of ether oxygens (including phenoxy) is 1. The number of amides is 1. The van der Waals surface area contributed by atoms with E-state index in [4.69, 9.17) is 14.3 Å². The molecule has 0 aliphatic rings. The van der Waals surface area contributed by atoms with Gasteiger partial charge < -0.3 is 19.2 Å². The molecule has 0 aliphatic carbocycles. The van der Waals surface area contributed by atoms with Crippen LogP contribution in [-0.4, -0.2) is 35.5 Å². The highest BCUT2D eigenvalue weighted by atomic mass is 16.5. The number of carboxylic acids is 1. The first kappa shape index (κ1) is 16.6. The molecule has 6 heteroatoms. The summed E-state index contributed by atoms with van der Waals surface area (Å²) in [6.07, 6.45) is 1.07. The fourth-order valence-corrected chi connectivity index (χ4v) is 2.38. The molecule has 1 unspecified atom stereocenters. The summed E-state index contributed by atoms with van der Waals surface area (Å²) in [5.74, 6) is -0.755. The van der Waals surface area contributed by atoms with Crippen LogP contribution in [0, 0.1) is 0 Å². The molecule has 0 bridgehead atoms. The second-order valence-corrected chi connectivity index (χ2v) is 5.05. The fraction of sp³-hybridized carbons (Fsp3) is 0.294. The van der Waals surface area contributed by atoms with Crippen molar-refractivity contribution in [2.45, 2.75) is 19.9 Å². The van der Waals surface area contributed by atoms with E-state index < -0.39 is 5.97 Å². The average Bonchev–Trinajstić information content (AvgIpc) is 3.05. The first-order valence-corrected chi connectivity index (χ1v) is 7.24. The van der Waals surface area contributed by atoms with Crippen molar-refractivity contribution in [1.29, 1.82) is 0 Å². The van der Waals surface area contributed by atoms with Crippen LogP contribution in [0.25, 0.3) is 0 Å². The van der Waals surface area contributed by atoms with E-state index in [1.165, 1.54) is 6.07 Å². The van der Waals surface area contributed by atoms with Gasteiger partial charge in [0.25, 0.3) is 5.91 Å². The third-order valence-corrected chi connectivity index (χ3v) is 3.70. The van der Waals surface area contributed by atoms with Crippen molar-refractivity contribution in [3.8, 4) is 5.75 Å². The van der Waals surface area contributed by atoms with Gasteiger partial charge in [-0.25, -0.2) is 4.79 Å². The normalized spacial score (nSPS) is 11.8. The van der Waals surface area contributed by atoms with Crippen molar-refractivity contribution in [2.24, 2.45) is 0 Å². The Morgan fingerprint density at radius 2 is 2.09 bits per heavy atom. The SMILES string of the molecule is CCN(C(=O)c1cc(C(=O)O)co1)C(C)c1cccc(OC)c1. The smallest absolute Gasteiger partial charge is 0.338 e. The summed E-state index contributed by atoms with van der Waals surface area (Å²) in [7, 11) is 1.59. The quantitative estimate of drug-likeness (QED) is 0.885. The van der Waals surface area contributed by atoms with Gasteiger partial charge >= 0.3 is 5.97 Å². The maximum atomic E-state index is 12.6. The summed E-state index contributed by atoms with van der Waals surface area (Å²) in [5, 5.41) is 8.92. The third-order valence-electron chi connectivity index (χ3n) is 3.70. The van der Waals surface area contributed by atoms with E-state index >= 15 is 0 Å². The molecule has 1 aromatic heterocycles. The van der Waals surface area contributed by atoms with Gasteiger partial charge in [0.15, 0.2) is 5.76 Å². The predicted molar refractivity (Wildman–Crippen MR) is 83.8 cm³/mol. The maximum absolute atomic E-state index is 12.6. The lowest BCUT2D eigenvalue weighted by Gasteiger charge is -2.27. The van der Waals surface area contributed by atoms with Gasteiger partial charge in [-0.1, -0.05) is 12.1 Å². The summed E-state index contributed by atoms with van der Waals surface area (Å²) in [6, 6.07) is 8.50. The summed E-state index contributed by atoms with van der Waals surface area (Å²) < 4.78 is 10.3. The number of furan rings is 1. The van der Waals surface area contributed by atoms with Gasteiger partial charge in [-0.15, -0.1) is 0 Å². The number of nitrogens with zero attached hydrogens (tertiary/aromatic N) is 1. The van der Waals surface area contributed by atoms with Crippen molar-refractivity contribution < 1.29 is 23.8 Å². The minimum atomic E-state index is -1.13. The zero-order valence-corrected chi connectivity index (χ0v) is 13.3. The molecule has 0 radical (unpaired) electrons. The van der Waals surface area contributed by atoms with E-state index in [0.29, 0.717) is 12.3 Å². The number of aromatic carboxylic acids is 1. The summed E-state index contributed by atoms with van der Waals surface area (Å²) >= 11 is 0. The molecule has 0 spiro atoms. The van der Waals surface area contributed by atoms with Gasteiger partial charge in [-0.2, -0.15) is 0 Å². The monoisotopic (exact) mass is 317 g/mol. The Morgan fingerprint density at radius 3 is 2.65 bits per heavy atom. The summed E-state index contributed by atoms with van der Waals surface area (Å²) in [6.45, 7) is 4.22. The van der Waals surface area contributed by atoms with Gasteiger partial charge in [0.05, 0.1) is 18.7 Å². The molecule has 1 amide bonds. The Hall–Kier alpha value is -2.76. The molecule has 6 nitrogen and oxygen atoms in total. The van der Waals surface area contributed by atoms with Crippen molar-refractivity contribution in [3.05, 3.63) is 53.5 Å². The van der Waals surface area contributed by atoms with Crippen LogP contribution in [0.5, 0.6) is 5.75 Å². The van der Waals surface area contributed by atoms with Crippen LogP contribution in [0.2, 0.25) is 0 Å². The Morgan fingerprint density at radius 1 is 1.35 bits per heavy atom. The lowest BCUT2D eigenvalue weighted by molar-refractivity contribution is 0.0666. The highest BCUT2D eigenvalue weighted by Gasteiger charge is 2.25. The lowest BCUT2D eigenvalue weighted by Crippen LogP contribution is -2.33. The molecule has 1 atom stereocenters. The number of methoxy groups -OCH3 is 1. The van der Waals surface area contributed by atoms with Crippen LogP contribution in [0.4, 0.5) is 0 Å². The average molecular weight is 317 g/mol. The van der Waals surface area contributed by atoms with E-state index in [0.717, 1.165) is 11.8 Å². The van der Waals surface area contributed by atoms with Gasteiger partial charge in [0.2, 0.25) is 0 Å². The van der Waals surface area contributed by atoms with E-state index in [1.54, 1.807) is 12.0 Å². The van der Waals surface area contributed by atoms with E-state index in [9.17, 15) is 9.59 Å². The molecule has 1 N–H and O–H groups in total. The molecule has 122 valence electrons. The fourth-order valence-electron chi connectivity index (χ4n) is 2.38. The molecule has 0 saturated carbocycles. The molecule has 2 aromatic rings. The summed E-state index contributed by atoms with van der Waals surface area (Å²) in [4.78, 5) is 25.1. The molecule has 2 rings (SSSR count). The van der Waals surface area contributed by atoms with Gasteiger partial charge in [0, 0.05) is 12.6 Å². The first-order valence-electron chi connectivity index (χ1n) is 7.24. The Labute approximate surface area is 134 Å². The minimum absolute atomic E-state index is 0.0130. The molecule has 1 heterocycles. The Kier molecular flexibility index (Phi) is 5.05. The standard InChI is InChI=1S/C17H19NO5/c1-4-18(11(2)12-6-5-7-14(8-12)22-3)16(19)15-9-13(10-23-15)17(20)21/h5-11H,4H2,1-3H3,(H,20,21). The van der Waals surface area contributed by atoms with Crippen LogP contribution in [0.1, 0.15) is 46.4 Å². The van der Waals surface area contributed by atoms with Gasteiger partial charge in [0.1, 0.15) is 12.0 Å². The minimum Gasteiger partial charge on any atom is -0.497 e. The lowest BCUT2D eigenvalue weighted by atomic mass is 10.1. The Balaban J connectivity index is 2.26. The van der Waals surface area contributed by atoms with Crippen molar-refractivity contribution in [1.82, 2.24) is 4.90 Å². The zero-order chi connectivity index (χ0) is 17.0.